The van der Waals surface area contributed by atoms with Gasteiger partial charge in [0, 0.05) is 17.1 Å². The van der Waals surface area contributed by atoms with Crippen LogP contribution in [0.15, 0.2) is 35.7 Å². The van der Waals surface area contributed by atoms with Crippen LogP contribution < -0.4 is 5.32 Å². The SMILES string of the molecule is CCc1ccc2c(c1)CC(Cc1cccs1)CN2. The van der Waals surface area contributed by atoms with Crippen molar-refractivity contribution in [2.24, 2.45) is 5.92 Å². The van der Waals surface area contributed by atoms with E-state index in [9.17, 15) is 0 Å². The van der Waals surface area contributed by atoms with Crippen molar-refractivity contribution < 1.29 is 0 Å². The summed E-state index contributed by atoms with van der Waals surface area (Å²) >= 11 is 1.88. The van der Waals surface area contributed by atoms with Gasteiger partial charge in [0.15, 0.2) is 0 Å². The van der Waals surface area contributed by atoms with Crippen LogP contribution in [0.1, 0.15) is 22.9 Å². The van der Waals surface area contributed by atoms with Gasteiger partial charge in [0.05, 0.1) is 0 Å². The number of aryl methyl sites for hydroxylation is 1. The molecule has 1 aliphatic heterocycles. The van der Waals surface area contributed by atoms with E-state index in [0.29, 0.717) is 0 Å². The second-order valence-electron chi connectivity index (χ2n) is 5.08. The van der Waals surface area contributed by atoms with E-state index in [0.717, 1.165) is 18.9 Å². The number of hydrogen-bond donors (Lipinski definition) is 1. The van der Waals surface area contributed by atoms with E-state index in [1.807, 2.05) is 11.3 Å². The Kier molecular flexibility index (Phi) is 3.37. The lowest BCUT2D eigenvalue weighted by Gasteiger charge is -2.26. The predicted molar refractivity (Wildman–Crippen MR) is 79.5 cm³/mol. The summed E-state index contributed by atoms with van der Waals surface area (Å²) in [4.78, 5) is 1.51. The summed E-state index contributed by atoms with van der Waals surface area (Å²) in [6, 6.07) is 11.3. The monoisotopic (exact) mass is 257 g/mol. The van der Waals surface area contributed by atoms with Crippen LogP contribution in [0, 0.1) is 5.92 Å². The second-order valence-corrected chi connectivity index (χ2v) is 6.11. The van der Waals surface area contributed by atoms with Crippen molar-refractivity contribution in [3.63, 3.8) is 0 Å². The number of thiophene rings is 1. The van der Waals surface area contributed by atoms with E-state index in [1.54, 1.807) is 0 Å². The van der Waals surface area contributed by atoms with Gasteiger partial charge in [-0.05, 0) is 53.8 Å². The molecule has 1 aliphatic rings. The molecule has 2 aromatic rings. The molecule has 3 rings (SSSR count). The Hall–Kier alpha value is -1.28. The van der Waals surface area contributed by atoms with Gasteiger partial charge < -0.3 is 5.32 Å². The standard InChI is InChI=1S/C16H19NS/c1-2-12-5-6-16-14(8-12)9-13(11-17-16)10-15-4-3-7-18-15/h3-8,13,17H,2,9-11H2,1H3. The molecule has 0 spiro atoms. The number of fused-ring (bicyclic) bond motifs is 1. The summed E-state index contributed by atoms with van der Waals surface area (Å²) in [6.07, 6.45) is 3.55. The fourth-order valence-electron chi connectivity index (χ4n) is 2.70. The van der Waals surface area contributed by atoms with Crippen LogP contribution in [0.25, 0.3) is 0 Å². The van der Waals surface area contributed by atoms with E-state index in [2.05, 4.69) is 48.0 Å². The molecule has 94 valence electrons. The molecule has 0 amide bonds. The molecule has 2 heteroatoms. The highest BCUT2D eigenvalue weighted by Gasteiger charge is 2.18. The topological polar surface area (TPSA) is 12.0 Å². The van der Waals surface area contributed by atoms with Crippen molar-refractivity contribution in [3.05, 3.63) is 51.7 Å². The fraction of sp³-hybridized carbons (Fsp3) is 0.375. The van der Waals surface area contributed by atoms with Gasteiger partial charge in [0.1, 0.15) is 0 Å². The van der Waals surface area contributed by atoms with Gasteiger partial charge in [-0.3, -0.25) is 0 Å². The lowest BCUT2D eigenvalue weighted by atomic mass is 9.90. The third-order valence-corrected chi connectivity index (χ3v) is 4.64. The number of nitrogens with one attached hydrogen (secondary N) is 1. The van der Waals surface area contributed by atoms with E-state index in [-0.39, 0.29) is 0 Å². The lowest BCUT2D eigenvalue weighted by Crippen LogP contribution is -2.24. The van der Waals surface area contributed by atoms with Gasteiger partial charge in [-0.1, -0.05) is 25.1 Å². The number of anilines is 1. The Morgan fingerprint density at radius 2 is 2.28 bits per heavy atom. The second kappa shape index (κ2) is 5.15. The maximum Gasteiger partial charge on any atom is 0.0373 e. The zero-order valence-electron chi connectivity index (χ0n) is 10.8. The average Bonchev–Trinajstić information content (AvgIpc) is 2.90. The van der Waals surface area contributed by atoms with Gasteiger partial charge in [-0.15, -0.1) is 11.3 Å². The summed E-state index contributed by atoms with van der Waals surface area (Å²) in [5, 5.41) is 5.76. The third kappa shape index (κ3) is 2.44. The van der Waals surface area contributed by atoms with Crippen molar-refractivity contribution >= 4 is 17.0 Å². The van der Waals surface area contributed by atoms with Crippen molar-refractivity contribution in [3.8, 4) is 0 Å². The van der Waals surface area contributed by atoms with Gasteiger partial charge in [0.25, 0.3) is 0 Å². The van der Waals surface area contributed by atoms with Crippen molar-refractivity contribution in [2.75, 3.05) is 11.9 Å². The quantitative estimate of drug-likeness (QED) is 0.871. The third-order valence-electron chi connectivity index (χ3n) is 3.74. The van der Waals surface area contributed by atoms with Crippen LogP contribution in [0.5, 0.6) is 0 Å². The molecule has 1 N–H and O–H groups in total. The van der Waals surface area contributed by atoms with Crippen molar-refractivity contribution in [1.29, 1.82) is 0 Å². The first-order valence-electron chi connectivity index (χ1n) is 6.73. The maximum atomic E-state index is 3.58. The molecule has 0 saturated heterocycles. The molecule has 0 aliphatic carbocycles. The Morgan fingerprint density at radius 1 is 1.33 bits per heavy atom. The first-order valence-corrected chi connectivity index (χ1v) is 7.61. The Labute approximate surface area is 113 Å². The zero-order chi connectivity index (χ0) is 12.4. The fourth-order valence-corrected chi connectivity index (χ4v) is 3.52. The first kappa shape index (κ1) is 11.8. The first-order chi connectivity index (χ1) is 8.85. The molecule has 0 radical (unpaired) electrons. The van der Waals surface area contributed by atoms with Crippen molar-refractivity contribution in [1.82, 2.24) is 0 Å². The molecule has 1 unspecified atom stereocenters. The molecular formula is C16H19NS. The van der Waals surface area contributed by atoms with E-state index >= 15 is 0 Å². The van der Waals surface area contributed by atoms with Gasteiger partial charge in [-0.25, -0.2) is 0 Å². The van der Waals surface area contributed by atoms with E-state index in [1.165, 1.54) is 34.5 Å². The highest BCUT2D eigenvalue weighted by Crippen LogP contribution is 2.28. The van der Waals surface area contributed by atoms with Crippen LogP contribution in [-0.2, 0) is 19.3 Å². The smallest absolute Gasteiger partial charge is 0.0373 e. The Morgan fingerprint density at radius 3 is 3.06 bits per heavy atom. The average molecular weight is 257 g/mol. The van der Waals surface area contributed by atoms with E-state index < -0.39 is 0 Å². The van der Waals surface area contributed by atoms with Gasteiger partial charge in [0.2, 0.25) is 0 Å². The molecule has 0 saturated carbocycles. The Bertz CT molecular complexity index is 516. The van der Waals surface area contributed by atoms with E-state index in [4.69, 9.17) is 0 Å². The minimum Gasteiger partial charge on any atom is -0.385 e. The van der Waals surface area contributed by atoms with Crippen LogP contribution in [-0.4, -0.2) is 6.54 Å². The van der Waals surface area contributed by atoms with Crippen LogP contribution in [0.3, 0.4) is 0 Å². The van der Waals surface area contributed by atoms with Crippen LogP contribution in [0.4, 0.5) is 5.69 Å². The normalized spacial score (nSPS) is 18.2. The molecular weight excluding hydrogens is 238 g/mol. The van der Waals surface area contributed by atoms with Gasteiger partial charge >= 0.3 is 0 Å². The zero-order valence-corrected chi connectivity index (χ0v) is 11.6. The molecule has 1 nitrogen and oxygen atoms in total. The number of rotatable bonds is 3. The molecule has 2 heterocycles. The largest absolute Gasteiger partial charge is 0.385 e. The van der Waals surface area contributed by atoms with Crippen LogP contribution in [0.2, 0.25) is 0 Å². The highest BCUT2D eigenvalue weighted by atomic mass is 32.1. The molecule has 0 bridgehead atoms. The van der Waals surface area contributed by atoms with Gasteiger partial charge in [-0.2, -0.15) is 0 Å². The molecule has 1 atom stereocenters. The lowest BCUT2D eigenvalue weighted by molar-refractivity contribution is 0.539. The van der Waals surface area contributed by atoms with Crippen molar-refractivity contribution in [2.45, 2.75) is 26.2 Å². The molecule has 1 aromatic heterocycles. The number of benzene rings is 1. The summed E-state index contributed by atoms with van der Waals surface area (Å²) in [5.74, 6) is 0.739. The van der Waals surface area contributed by atoms with Crippen LogP contribution >= 0.6 is 11.3 Å². The summed E-state index contributed by atoms with van der Waals surface area (Å²) < 4.78 is 0. The summed E-state index contributed by atoms with van der Waals surface area (Å²) in [7, 11) is 0. The minimum atomic E-state index is 0.739. The Balaban J connectivity index is 1.75. The molecule has 0 fully saturated rings. The minimum absolute atomic E-state index is 0.739. The summed E-state index contributed by atoms with van der Waals surface area (Å²) in [6.45, 7) is 3.33. The highest BCUT2D eigenvalue weighted by molar-refractivity contribution is 7.09. The summed E-state index contributed by atoms with van der Waals surface area (Å²) in [5.41, 5.74) is 4.30. The molecule has 18 heavy (non-hydrogen) atoms. The maximum absolute atomic E-state index is 3.58. The predicted octanol–water partition coefficient (Wildman–Crippen LogP) is 4.14. The molecule has 1 aromatic carbocycles. The number of hydrogen-bond acceptors (Lipinski definition) is 2.